The lowest BCUT2D eigenvalue weighted by atomic mass is 9.84. The summed E-state index contributed by atoms with van der Waals surface area (Å²) in [7, 11) is 0. The molecule has 0 saturated carbocycles. The van der Waals surface area contributed by atoms with Crippen molar-refractivity contribution >= 4 is 21.6 Å². The normalized spacial score (nSPS) is 20.8. The molecular weight excluding hydrogens is 288 g/mol. The highest BCUT2D eigenvalue weighted by atomic mass is 79.9. The van der Waals surface area contributed by atoms with Crippen molar-refractivity contribution < 1.29 is 0 Å². The lowest BCUT2D eigenvalue weighted by molar-refractivity contribution is 0.293. The third-order valence-electron chi connectivity index (χ3n) is 3.74. The standard InChI is InChI=1S/C15H23BrN2/c1-11(17)13-6-5-12(9-14(13)16)18-8-4-7-15(2,3)10-18/h5-6,9,11H,4,7-8,10,17H2,1-3H3. The van der Waals surface area contributed by atoms with Crippen molar-refractivity contribution in [2.75, 3.05) is 18.0 Å². The lowest BCUT2D eigenvalue weighted by Gasteiger charge is -2.39. The number of hydrogen-bond donors (Lipinski definition) is 1. The van der Waals surface area contributed by atoms with Crippen LogP contribution in [-0.4, -0.2) is 13.1 Å². The molecule has 1 aliphatic heterocycles. The molecule has 2 rings (SSSR count). The summed E-state index contributed by atoms with van der Waals surface area (Å²) in [5.74, 6) is 0. The molecule has 2 nitrogen and oxygen atoms in total. The van der Waals surface area contributed by atoms with Crippen LogP contribution in [0, 0.1) is 5.41 Å². The van der Waals surface area contributed by atoms with Gasteiger partial charge in [-0.15, -0.1) is 0 Å². The Morgan fingerprint density at radius 2 is 2.11 bits per heavy atom. The number of rotatable bonds is 2. The van der Waals surface area contributed by atoms with Gasteiger partial charge in [-0.1, -0.05) is 35.8 Å². The van der Waals surface area contributed by atoms with Gasteiger partial charge in [0.2, 0.25) is 0 Å². The predicted molar refractivity (Wildman–Crippen MR) is 82.0 cm³/mol. The van der Waals surface area contributed by atoms with Gasteiger partial charge < -0.3 is 10.6 Å². The maximum Gasteiger partial charge on any atom is 0.0377 e. The van der Waals surface area contributed by atoms with Gasteiger partial charge in [-0.05, 0) is 42.9 Å². The van der Waals surface area contributed by atoms with Crippen LogP contribution in [0.25, 0.3) is 0 Å². The molecule has 0 spiro atoms. The molecule has 1 aliphatic rings. The third-order valence-corrected chi connectivity index (χ3v) is 4.43. The van der Waals surface area contributed by atoms with Crippen molar-refractivity contribution in [2.45, 2.75) is 39.7 Å². The van der Waals surface area contributed by atoms with Crippen molar-refractivity contribution in [2.24, 2.45) is 11.1 Å². The quantitative estimate of drug-likeness (QED) is 0.891. The van der Waals surface area contributed by atoms with Crippen LogP contribution < -0.4 is 10.6 Å². The molecular formula is C15H23BrN2. The molecule has 100 valence electrons. The lowest BCUT2D eigenvalue weighted by Crippen LogP contribution is -2.40. The largest absolute Gasteiger partial charge is 0.371 e. The molecule has 1 aromatic rings. The number of nitrogens with zero attached hydrogens (tertiary/aromatic N) is 1. The van der Waals surface area contributed by atoms with Gasteiger partial charge in [0.05, 0.1) is 0 Å². The average molecular weight is 311 g/mol. The van der Waals surface area contributed by atoms with Gasteiger partial charge in [-0.3, -0.25) is 0 Å². The summed E-state index contributed by atoms with van der Waals surface area (Å²) in [5.41, 5.74) is 8.84. The van der Waals surface area contributed by atoms with E-state index in [0.717, 1.165) is 17.6 Å². The molecule has 1 heterocycles. The van der Waals surface area contributed by atoms with Crippen molar-refractivity contribution in [1.29, 1.82) is 0 Å². The molecule has 1 saturated heterocycles. The van der Waals surface area contributed by atoms with Crippen LogP contribution >= 0.6 is 15.9 Å². The summed E-state index contributed by atoms with van der Waals surface area (Å²) >= 11 is 3.64. The zero-order chi connectivity index (χ0) is 13.3. The average Bonchev–Trinajstić information content (AvgIpc) is 2.27. The molecule has 0 aliphatic carbocycles. The van der Waals surface area contributed by atoms with Crippen molar-refractivity contribution in [3.8, 4) is 0 Å². The van der Waals surface area contributed by atoms with Crippen LogP contribution in [0.5, 0.6) is 0 Å². The van der Waals surface area contributed by atoms with E-state index in [-0.39, 0.29) is 6.04 Å². The minimum absolute atomic E-state index is 0.0752. The van der Waals surface area contributed by atoms with E-state index in [1.807, 2.05) is 6.92 Å². The van der Waals surface area contributed by atoms with Crippen LogP contribution in [-0.2, 0) is 0 Å². The Balaban J connectivity index is 2.21. The van der Waals surface area contributed by atoms with Gasteiger partial charge in [0.15, 0.2) is 0 Å². The van der Waals surface area contributed by atoms with E-state index >= 15 is 0 Å². The first-order valence-corrected chi connectivity index (χ1v) is 7.48. The van der Waals surface area contributed by atoms with E-state index in [1.54, 1.807) is 0 Å². The van der Waals surface area contributed by atoms with E-state index in [2.05, 4.69) is 52.9 Å². The molecule has 1 unspecified atom stereocenters. The van der Waals surface area contributed by atoms with E-state index in [1.165, 1.54) is 24.1 Å². The third kappa shape index (κ3) is 3.07. The van der Waals surface area contributed by atoms with Crippen LogP contribution in [0.1, 0.15) is 45.2 Å². The highest BCUT2D eigenvalue weighted by molar-refractivity contribution is 9.10. The monoisotopic (exact) mass is 310 g/mol. The van der Waals surface area contributed by atoms with Gasteiger partial charge in [0, 0.05) is 29.3 Å². The van der Waals surface area contributed by atoms with Crippen LogP contribution in [0.3, 0.4) is 0 Å². The Hall–Kier alpha value is -0.540. The Kier molecular flexibility index (Phi) is 4.02. The van der Waals surface area contributed by atoms with Crippen LogP contribution in [0.2, 0.25) is 0 Å². The van der Waals surface area contributed by atoms with Gasteiger partial charge in [-0.25, -0.2) is 0 Å². The smallest absolute Gasteiger partial charge is 0.0377 e. The van der Waals surface area contributed by atoms with Crippen LogP contribution in [0.4, 0.5) is 5.69 Å². The van der Waals surface area contributed by atoms with Gasteiger partial charge in [-0.2, -0.15) is 0 Å². The topological polar surface area (TPSA) is 29.3 Å². The predicted octanol–water partition coefficient (Wildman–Crippen LogP) is 4.10. The fraction of sp³-hybridized carbons (Fsp3) is 0.600. The second-order valence-electron chi connectivity index (χ2n) is 6.18. The highest BCUT2D eigenvalue weighted by Gasteiger charge is 2.26. The fourth-order valence-electron chi connectivity index (χ4n) is 2.73. The van der Waals surface area contributed by atoms with Crippen molar-refractivity contribution in [3.05, 3.63) is 28.2 Å². The maximum atomic E-state index is 5.94. The fourth-order valence-corrected chi connectivity index (χ4v) is 3.45. The Morgan fingerprint density at radius 1 is 1.39 bits per heavy atom. The first kappa shape index (κ1) is 13.9. The second-order valence-corrected chi connectivity index (χ2v) is 7.04. The summed E-state index contributed by atoms with van der Waals surface area (Å²) in [6.07, 6.45) is 2.60. The summed E-state index contributed by atoms with van der Waals surface area (Å²) in [6, 6.07) is 6.63. The SMILES string of the molecule is CC(N)c1ccc(N2CCCC(C)(C)C2)cc1Br. The number of piperidine rings is 1. The summed E-state index contributed by atoms with van der Waals surface area (Å²) in [6.45, 7) is 9.02. The molecule has 2 N–H and O–H groups in total. The minimum Gasteiger partial charge on any atom is -0.371 e. The number of benzene rings is 1. The maximum absolute atomic E-state index is 5.94. The number of halogens is 1. The molecule has 1 fully saturated rings. The van der Waals surface area contributed by atoms with Crippen molar-refractivity contribution in [1.82, 2.24) is 0 Å². The van der Waals surface area contributed by atoms with Gasteiger partial charge in [0.25, 0.3) is 0 Å². The summed E-state index contributed by atoms with van der Waals surface area (Å²) in [4.78, 5) is 2.49. The van der Waals surface area contributed by atoms with Crippen LogP contribution in [0.15, 0.2) is 22.7 Å². The van der Waals surface area contributed by atoms with E-state index in [0.29, 0.717) is 5.41 Å². The summed E-state index contributed by atoms with van der Waals surface area (Å²) < 4.78 is 1.12. The molecule has 18 heavy (non-hydrogen) atoms. The second kappa shape index (κ2) is 5.22. The molecule has 0 bridgehead atoms. The van der Waals surface area contributed by atoms with E-state index < -0.39 is 0 Å². The zero-order valence-electron chi connectivity index (χ0n) is 11.5. The number of anilines is 1. The summed E-state index contributed by atoms with van der Waals surface area (Å²) in [5, 5.41) is 0. The highest BCUT2D eigenvalue weighted by Crippen LogP contribution is 2.34. The van der Waals surface area contributed by atoms with E-state index in [4.69, 9.17) is 5.73 Å². The molecule has 1 atom stereocenters. The zero-order valence-corrected chi connectivity index (χ0v) is 13.1. The first-order valence-electron chi connectivity index (χ1n) is 6.69. The minimum atomic E-state index is 0.0752. The first-order chi connectivity index (χ1) is 8.39. The Bertz CT molecular complexity index is 427. The van der Waals surface area contributed by atoms with Gasteiger partial charge >= 0.3 is 0 Å². The molecule has 1 aromatic carbocycles. The Morgan fingerprint density at radius 3 is 2.67 bits per heavy atom. The molecule has 0 amide bonds. The van der Waals surface area contributed by atoms with E-state index in [9.17, 15) is 0 Å². The molecule has 0 radical (unpaired) electrons. The Labute approximate surface area is 119 Å². The number of nitrogens with two attached hydrogens (primary N) is 1. The van der Waals surface area contributed by atoms with Crippen molar-refractivity contribution in [3.63, 3.8) is 0 Å². The molecule has 3 heteroatoms. The van der Waals surface area contributed by atoms with Gasteiger partial charge in [0.1, 0.15) is 0 Å². The number of hydrogen-bond acceptors (Lipinski definition) is 2. The molecule has 0 aromatic heterocycles.